The average Bonchev–Trinajstić information content (AvgIpc) is 3.33. The Hall–Kier alpha value is -2.55. The molecular formula is C21H17BF3NO2S. The van der Waals surface area contributed by atoms with Crippen LogP contribution in [-0.2, 0) is 0 Å². The molecule has 8 heteroatoms. The van der Waals surface area contributed by atoms with Crippen LogP contribution in [0.5, 0.6) is 0 Å². The third-order valence-electron chi connectivity index (χ3n) is 4.89. The van der Waals surface area contributed by atoms with Crippen LogP contribution in [0.3, 0.4) is 0 Å². The molecule has 0 fully saturated rings. The van der Waals surface area contributed by atoms with Gasteiger partial charge in [0.05, 0.1) is 12.1 Å². The highest BCUT2D eigenvalue weighted by molar-refractivity contribution is 7.10. The van der Waals surface area contributed by atoms with E-state index in [4.69, 9.17) is 0 Å². The van der Waals surface area contributed by atoms with Crippen molar-refractivity contribution >= 4 is 34.8 Å². The molecule has 0 saturated carbocycles. The van der Waals surface area contributed by atoms with E-state index in [-0.39, 0.29) is 5.46 Å². The second-order valence-corrected chi connectivity index (χ2v) is 7.82. The summed E-state index contributed by atoms with van der Waals surface area (Å²) < 4.78 is 40.6. The van der Waals surface area contributed by atoms with Crippen molar-refractivity contribution in [1.29, 1.82) is 0 Å². The SMILES string of the molecule is OB(O)c1ccc2[nH]c(-c3ccccc3)c(C(CC(F)(F)F)c3cccs3)c2c1. The molecule has 29 heavy (non-hydrogen) atoms. The van der Waals surface area contributed by atoms with Gasteiger partial charge >= 0.3 is 13.3 Å². The van der Waals surface area contributed by atoms with Gasteiger partial charge in [0.1, 0.15) is 0 Å². The maximum absolute atomic E-state index is 13.5. The van der Waals surface area contributed by atoms with E-state index in [1.54, 1.807) is 35.7 Å². The van der Waals surface area contributed by atoms with Crippen molar-refractivity contribution in [3.63, 3.8) is 0 Å². The number of fused-ring (bicyclic) bond motifs is 1. The Bertz CT molecular complexity index is 1110. The van der Waals surface area contributed by atoms with Crippen LogP contribution in [0.25, 0.3) is 22.2 Å². The van der Waals surface area contributed by atoms with E-state index < -0.39 is 25.6 Å². The number of alkyl halides is 3. The first-order valence-corrected chi connectivity index (χ1v) is 9.88. The summed E-state index contributed by atoms with van der Waals surface area (Å²) in [6.07, 6.45) is -5.37. The van der Waals surface area contributed by atoms with E-state index in [9.17, 15) is 23.2 Å². The molecular weight excluding hydrogens is 398 g/mol. The van der Waals surface area contributed by atoms with Gasteiger partial charge in [-0.15, -0.1) is 11.3 Å². The van der Waals surface area contributed by atoms with Crippen molar-refractivity contribution in [2.75, 3.05) is 0 Å². The molecule has 3 nitrogen and oxygen atoms in total. The van der Waals surface area contributed by atoms with Gasteiger partial charge in [-0.1, -0.05) is 48.5 Å². The smallest absolute Gasteiger partial charge is 0.423 e. The van der Waals surface area contributed by atoms with Crippen LogP contribution in [0.2, 0.25) is 0 Å². The highest BCUT2D eigenvalue weighted by Crippen LogP contribution is 2.44. The maximum atomic E-state index is 13.5. The van der Waals surface area contributed by atoms with Gasteiger partial charge in [0.25, 0.3) is 0 Å². The number of H-pyrrole nitrogens is 1. The van der Waals surface area contributed by atoms with E-state index in [2.05, 4.69) is 4.98 Å². The molecule has 0 bridgehead atoms. The normalized spacial score (nSPS) is 13.0. The van der Waals surface area contributed by atoms with Gasteiger partial charge in [-0.3, -0.25) is 0 Å². The fourth-order valence-electron chi connectivity index (χ4n) is 3.65. The minimum absolute atomic E-state index is 0.231. The number of aromatic nitrogens is 1. The summed E-state index contributed by atoms with van der Waals surface area (Å²) in [5.74, 6) is -0.912. The molecule has 0 saturated heterocycles. The number of thiophene rings is 1. The van der Waals surface area contributed by atoms with Crippen LogP contribution in [0, 0.1) is 0 Å². The van der Waals surface area contributed by atoms with Crippen molar-refractivity contribution in [2.45, 2.75) is 18.5 Å². The third kappa shape index (κ3) is 4.10. The minimum atomic E-state index is -4.36. The Kier molecular flexibility index (Phi) is 5.25. The Labute approximate surface area is 169 Å². The summed E-state index contributed by atoms with van der Waals surface area (Å²) in [7, 11) is -1.70. The molecule has 3 N–H and O–H groups in total. The van der Waals surface area contributed by atoms with Crippen molar-refractivity contribution < 1.29 is 23.2 Å². The van der Waals surface area contributed by atoms with Gasteiger partial charge in [0, 0.05) is 21.7 Å². The van der Waals surface area contributed by atoms with Gasteiger partial charge in [-0.25, -0.2) is 0 Å². The van der Waals surface area contributed by atoms with Gasteiger partial charge in [0.15, 0.2) is 0 Å². The standard InChI is InChI=1S/C21H17BF3NO2S/c23-21(24,25)12-16(18-7-4-10-29-18)19-15-11-14(22(27)28)8-9-17(15)26-20(19)13-5-2-1-3-6-13/h1-11,16,26-28H,12H2. The van der Waals surface area contributed by atoms with E-state index >= 15 is 0 Å². The summed E-state index contributed by atoms with van der Waals surface area (Å²) in [5, 5.41) is 21.5. The van der Waals surface area contributed by atoms with Gasteiger partial charge < -0.3 is 15.0 Å². The lowest BCUT2D eigenvalue weighted by atomic mass is 9.79. The first-order valence-electron chi connectivity index (χ1n) is 9.01. The van der Waals surface area contributed by atoms with Gasteiger partial charge in [-0.05, 0) is 34.1 Å². The summed E-state index contributed by atoms with van der Waals surface area (Å²) in [5.41, 5.74) is 2.76. The van der Waals surface area contributed by atoms with Gasteiger partial charge in [-0.2, -0.15) is 13.2 Å². The third-order valence-corrected chi connectivity index (χ3v) is 5.88. The number of hydrogen-bond donors (Lipinski definition) is 3. The highest BCUT2D eigenvalue weighted by atomic mass is 32.1. The molecule has 2 aromatic heterocycles. The molecule has 4 rings (SSSR count). The van der Waals surface area contributed by atoms with E-state index in [0.29, 0.717) is 27.0 Å². The molecule has 2 heterocycles. The largest absolute Gasteiger partial charge is 0.488 e. The van der Waals surface area contributed by atoms with Crippen LogP contribution in [-0.4, -0.2) is 28.3 Å². The zero-order chi connectivity index (χ0) is 20.6. The van der Waals surface area contributed by atoms with Gasteiger partial charge in [0.2, 0.25) is 0 Å². The van der Waals surface area contributed by atoms with Crippen molar-refractivity contribution in [2.24, 2.45) is 0 Å². The van der Waals surface area contributed by atoms with E-state index in [0.717, 1.165) is 5.56 Å². The fourth-order valence-corrected chi connectivity index (χ4v) is 4.49. The molecule has 1 atom stereocenters. The number of benzene rings is 2. The van der Waals surface area contributed by atoms with Crippen LogP contribution < -0.4 is 5.46 Å². The second kappa shape index (κ2) is 7.70. The fraction of sp³-hybridized carbons (Fsp3) is 0.143. The number of halogens is 3. The van der Waals surface area contributed by atoms with Crippen LogP contribution >= 0.6 is 11.3 Å². The molecule has 0 aliphatic carbocycles. The lowest BCUT2D eigenvalue weighted by Crippen LogP contribution is -2.29. The topological polar surface area (TPSA) is 56.2 Å². The Morgan fingerprint density at radius 2 is 1.76 bits per heavy atom. The quantitative estimate of drug-likeness (QED) is 0.416. The average molecular weight is 415 g/mol. The number of rotatable bonds is 5. The van der Waals surface area contributed by atoms with E-state index in [1.807, 2.05) is 30.3 Å². The Morgan fingerprint density at radius 3 is 2.38 bits per heavy atom. The molecule has 0 aliphatic heterocycles. The summed E-state index contributed by atoms with van der Waals surface area (Å²) >= 11 is 1.28. The lowest BCUT2D eigenvalue weighted by Gasteiger charge is -2.19. The molecule has 0 aliphatic rings. The predicted molar refractivity (Wildman–Crippen MR) is 110 cm³/mol. The lowest BCUT2D eigenvalue weighted by molar-refractivity contribution is -0.136. The summed E-state index contributed by atoms with van der Waals surface area (Å²) in [4.78, 5) is 3.86. The molecule has 0 amide bonds. The molecule has 0 spiro atoms. The number of nitrogens with one attached hydrogen (secondary N) is 1. The Balaban J connectivity index is 2.01. The first kappa shape index (κ1) is 19.8. The van der Waals surface area contributed by atoms with Crippen LogP contribution in [0.4, 0.5) is 13.2 Å². The second-order valence-electron chi connectivity index (χ2n) is 6.85. The number of hydrogen-bond acceptors (Lipinski definition) is 3. The predicted octanol–water partition coefficient (Wildman–Crippen LogP) is 4.66. The Morgan fingerprint density at radius 1 is 1.00 bits per heavy atom. The zero-order valence-corrected chi connectivity index (χ0v) is 16.0. The molecule has 148 valence electrons. The zero-order valence-electron chi connectivity index (χ0n) is 15.1. The summed E-state index contributed by atoms with van der Waals surface area (Å²) in [6, 6.07) is 17.4. The van der Waals surface area contributed by atoms with Crippen LogP contribution in [0.15, 0.2) is 66.0 Å². The molecule has 1 unspecified atom stereocenters. The maximum Gasteiger partial charge on any atom is 0.488 e. The van der Waals surface area contributed by atoms with Crippen molar-refractivity contribution in [3.8, 4) is 11.3 Å². The number of aromatic amines is 1. The highest BCUT2D eigenvalue weighted by Gasteiger charge is 2.36. The monoisotopic (exact) mass is 415 g/mol. The van der Waals surface area contributed by atoms with Crippen LogP contribution in [0.1, 0.15) is 22.8 Å². The minimum Gasteiger partial charge on any atom is -0.423 e. The van der Waals surface area contributed by atoms with Crippen molar-refractivity contribution in [3.05, 3.63) is 76.5 Å². The first-order chi connectivity index (χ1) is 13.8. The molecule has 0 radical (unpaired) electrons. The van der Waals surface area contributed by atoms with E-state index in [1.165, 1.54) is 11.3 Å². The molecule has 4 aromatic rings. The molecule has 2 aromatic carbocycles. The summed E-state index contributed by atoms with van der Waals surface area (Å²) in [6.45, 7) is 0. The van der Waals surface area contributed by atoms with Crippen molar-refractivity contribution in [1.82, 2.24) is 4.98 Å².